The molecule has 1 aromatic rings. The van der Waals surface area contributed by atoms with Gasteiger partial charge in [-0.3, -0.25) is 0 Å². The van der Waals surface area contributed by atoms with E-state index in [1.807, 2.05) is 19.9 Å². The van der Waals surface area contributed by atoms with Crippen LogP contribution in [0.4, 0.5) is 4.39 Å². The average Bonchev–Trinajstić information content (AvgIpc) is 2.11. The van der Waals surface area contributed by atoms with Crippen LogP contribution >= 0.6 is 9.24 Å². The van der Waals surface area contributed by atoms with Crippen LogP contribution in [0.3, 0.4) is 0 Å². The van der Waals surface area contributed by atoms with Crippen molar-refractivity contribution in [2.45, 2.75) is 40.0 Å². The van der Waals surface area contributed by atoms with Crippen LogP contribution in [-0.4, -0.2) is 0 Å². The third-order valence-electron chi connectivity index (χ3n) is 1.87. The number of hydrogen-bond donors (Lipinski definition) is 0. The highest BCUT2D eigenvalue weighted by Gasteiger charge is 2.14. The molecule has 0 amide bonds. The van der Waals surface area contributed by atoms with Crippen molar-refractivity contribution in [2.24, 2.45) is 0 Å². The summed E-state index contributed by atoms with van der Waals surface area (Å²) in [5, 5.41) is 0.628. The largest absolute Gasteiger partial charge is 0.206 e. The Morgan fingerprint density at radius 2 is 1.64 bits per heavy atom. The van der Waals surface area contributed by atoms with E-state index in [9.17, 15) is 4.39 Å². The fourth-order valence-corrected chi connectivity index (χ4v) is 1.17. The van der Waals surface area contributed by atoms with Gasteiger partial charge in [-0.1, -0.05) is 46.8 Å². The highest BCUT2D eigenvalue weighted by molar-refractivity contribution is 7.27. The molecule has 0 saturated heterocycles. The summed E-state index contributed by atoms with van der Waals surface area (Å²) >= 11 is 0. The van der Waals surface area contributed by atoms with Crippen molar-refractivity contribution < 1.29 is 4.39 Å². The zero-order valence-corrected chi connectivity index (χ0v) is 10.8. The van der Waals surface area contributed by atoms with Crippen molar-refractivity contribution in [1.29, 1.82) is 0 Å². The Bertz CT molecular complexity index is 287. The average molecular weight is 214 g/mol. The molecular weight excluding hydrogens is 194 g/mol. The predicted molar refractivity (Wildman–Crippen MR) is 65.8 cm³/mol. The van der Waals surface area contributed by atoms with E-state index >= 15 is 0 Å². The SMILES string of the molecule is CC.CC(C)(C)c1ccc(P)c(F)c1. The summed E-state index contributed by atoms with van der Waals surface area (Å²) in [6.45, 7) is 10.2. The van der Waals surface area contributed by atoms with Gasteiger partial charge < -0.3 is 0 Å². The van der Waals surface area contributed by atoms with E-state index in [0.29, 0.717) is 5.30 Å². The third-order valence-corrected chi connectivity index (χ3v) is 2.33. The summed E-state index contributed by atoms with van der Waals surface area (Å²) < 4.78 is 13.1. The molecular formula is C12H20FP. The van der Waals surface area contributed by atoms with Crippen LogP contribution in [0.5, 0.6) is 0 Å². The first-order chi connectivity index (χ1) is 6.41. The quantitative estimate of drug-likeness (QED) is 0.578. The van der Waals surface area contributed by atoms with Gasteiger partial charge in [0.25, 0.3) is 0 Å². The number of halogens is 1. The molecule has 0 fully saturated rings. The normalized spacial score (nSPS) is 10.5. The van der Waals surface area contributed by atoms with E-state index in [1.54, 1.807) is 12.1 Å². The Labute approximate surface area is 89.1 Å². The number of benzene rings is 1. The summed E-state index contributed by atoms with van der Waals surface area (Å²) in [7, 11) is 2.38. The molecule has 0 radical (unpaired) electrons. The van der Waals surface area contributed by atoms with Crippen LogP contribution in [-0.2, 0) is 5.41 Å². The molecule has 0 nitrogen and oxygen atoms in total. The highest BCUT2D eigenvalue weighted by Crippen LogP contribution is 2.22. The van der Waals surface area contributed by atoms with Crippen LogP contribution in [0.25, 0.3) is 0 Å². The fourth-order valence-electron chi connectivity index (χ4n) is 0.994. The third kappa shape index (κ3) is 3.75. The van der Waals surface area contributed by atoms with Gasteiger partial charge in [-0.05, 0) is 17.0 Å². The van der Waals surface area contributed by atoms with Crippen molar-refractivity contribution in [3.05, 3.63) is 29.6 Å². The van der Waals surface area contributed by atoms with Crippen molar-refractivity contribution in [3.8, 4) is 0 Å². The summed E-state index contributed by atoms with van der Waals surface area (Å²) in [6, 6.07) is 5.36. The van der Waals surface area contributed by atoms with Gasteiger partial charge in [0.2, 0.25) is 0 Å². The lowest BCUT2D eigenvalue weighted by molar-refractivity contribution is 0.575. The van der Waals surface area contributed by atoms with Crippen LogP contribution in [0.15, 0.2) is 18.2 Å². The monoisotopic (exact) mass is 214 g/mol. The minimum absolute atomic E-state index is 0.0270. The van der Waals surface area contributed by atoms with Gasteiger partial charge in [-0.25, -0.2) is 4.39 Å². The minimum atomic E-state index is -0.146. The molecule has 0 heterocycles. The van der Waals surface area contributed by atoms with Gasteiger partial charge >= 0.3 is 0 Å². The predicted octanol–water partition coefficient (Wildman–Crippen LogP) is 3.65. The Kier molecular flexibility index (Phi) is 5.29. The Morgan fingerprint density at radius 3 is 2.00 bits per heavy atom. The van der Waals surface area contributed by atoms with Gasteiger partial charge in [0, 0.05) is 5.30 Å². The molecule has 1 aromatic carbocycles. The molecule has 0 bridgehead atoms. The fraction of sp³-hybridized carbons (Fsp3) is 0.500. The second kappa shape index (κ2) is 5.46. The standard InChI is InChI=1S/C10H14FP.C2H6/c1-10(2,3)7-4-5-9(12)8(11)6-7;1-2/h4-6H,12H2,1-3H3;1-2H3. The molecule has 0 saturated carbocycles. The van der Waals surface area contributed by atoms with E-state index in [2.05, 4.69) is 30.0 Å². The maximum atomic E-state index is 13.1. The van der Waals surface area contributed by atoms with E-state index < -0.39 is 0 Å². The van der Waals surface area contributed by atoms with E-state index in [4.69, 9.17) is 0 Å². The summed E-state index contributed by atoms with van der Waals surface area (Å²) in [6.07, 6.45) is 0. The Hall–Kier alpha value is -0.420. The molecule has 0 aliphatic heterocycles. The maximum absolute atomic E-state index is 13.1. The summed E-state index contributed by atoms with van der Waals surface area (Å²) in [5.41, 5.74) is 1.06. The molecule has 0 aliphatic rings. The molecule has 1 atom stereocenters. The van der Waals surface area contributed by atoms with Gasteiger partial charge in [-0.2, -0.15) is 0 Å². The zero-order chi connectivity index (χ0) is 11.4. The first-order valence-corrected chi connectivity index (χ1v) is 5.54. The van der Waals surface area contributed by atoms with Crippen molar-refractivity contribution in [3.63, 3.8) is 0 Å². The van der Waals surface area contributed by atoms with Crippen LogP contribution in [0.2, 0.25) is 0 Å². The lowest BCUT2D eigenvalue weighted by Crippen LogP contribution is -2.13. The van der Waals surface area contributed by atoms with Crippen molar-refractivity contribution >= 4 is 14.5 Å². The summed E-state index contributed by atoms with van der Waals surface area (Å²) in [5.74, 6) is -0.146. The topological polar surface area (TPSA) is 0 Å². The first kappa shape index (κ1) is 13.6. The molecule has 14 heavy (non-hydrogen) atoms. The smallest absolute Gasteiger partial charge is 0.130 e. The Balaban J connectivity index is 0.000000791. The summed E-state index contributed by atoms with van der Waals surface area (Å²) in [4.78, 5) is 0. The van der Waals surface area contributed by atoms with E-state index in [-0.39, 0.29) is 11.2 Å². The molecule has 0 aromatic heterocycles. The highest BCUT2D eigenvalue weighted by atomic mass is 31.0. The van der Waals surface area contributed by atoms with Crippen molar-refractivity contribution in [2.75, 3.05) is 0 Å². The van der Waals surface area contributed by atoms with E-state index in [1.165, 1.54) is 0 Å². The molecule has 0 N–H and O–H groups in total. The van der Waals surface area contributed by atoms with Gasteiger partial charge in [0.1, 0.15) is 5.82 Å². The number of hydrogen-bond acceptors (Lipinski definition) is 0. The molecule has 0 aliphatic carbocycles. The van der Waals surface area contributed by atoms with Crippen molar-refractivity contribution in [1.82, 2.24) is 0 Å². The van der Waals surface area contributed by atoms with Gasteiger partial charge in [-0.15, -0.1) is 9.24 Å². The molecule has 1 rings (SSSR count). The number of rotatable bonds is 0. The second-order valence-electron chi connectivity index (χ2n) is 3.99. The van der Waals surface area contributed by atoms with Crippen LogP contribution in [0.1, 0.15) is 40.2 Å². The molecule has 2 heteroatoms. The Morgan fingerprint density at radius 1 is 1.14 bits per heavy atom. The van der Waals surface area contributed by atoms with Crippen LogP contribution in [0, 0.1) is 5.82 Å². The van der Waals surface area contributed by atoms with Crippen LogP contribution < -0.4 is 5.30 Å². The zero-order valence-electron chi connectivity index (χ0n) is 9.69. The molecule has 1 unspecified atom stereocenters. The minimum Gasteiger partial charge on any atom is -0.206 e. The lowest BCUT2D eigenvalue weighted by atomic mass is 9.87. The molecule has 0 spiro atoms. The second-order valence-corrected chi connectivity index (χ2v) is 4.61. The van der Waals surface area contributed by atoms with Gasteiger partial charge in [0.15, 0.2) is 0 Å². The van der Waals surface area contributed by atoms with E-state index in [0.717, 1.165) is 5.56 Å². The lowest BCUT2D eigenvalue weighted by Gasteiger charge is -2.19. The van der Waals surface area contributed by atoms with Gasteiger partial charge in [0.05, 0.1) is 0 Å². The maximum Gasteiger partial charge on any atom is 0.130 e. The molecule has 80 valence electrons. The first-order valence-electron chi connectivity index (χ1n) is 4.97.